The van der Waals surface area contributed by atoms with Crippen LogP contribution in [0.25, 0.3) is 0 Å². The number of aliphatic hydroxyl groups excluding tert-OH is 1. The van der Waals surface area contributed by atoms with Crippen molar-refractivity contribution in [3.05, 3.63) is 47.4 Å². The van der Waals surface area contributed by atoms with Gasteiger partial charge in [0.2, 0.25) is 0 Å². The van der Waals surface area contributed by atoms with Gasteiger partial charge in [-0.2, -0.15) is 5.10 Å². The first-order valence-corrected chi connectivity index (χ1v) is 11.2. The van der Waals surface area contributed by atoms with Gasteiger partial charge in [0.1, 0.15) is 0 Å². The normalized spacial score (nSPS) is 17.0. The third-order valence-electron chi connectivity index (χ3n) is 5.67. The van der Waals surface area contributed by atoms with Gasteiger partial charge < -0.3 is 25.8 Å². The monoisotopic (exact) mass is 480 g/mol. The number of ether oxygens (including phenoxy) is 1. The minimum atomic E-state index is -0.597. The fourth-order valence-electron chi connectivity index (χ4n) is 3.79. The molecule has 1 aromatic carbocycles. The minimum absolute atomic E-state index is 0.0657. The Labute approximate surface area is 201 Å². The molecule has 35 heavy (non-hydrogen) atoms. The van der Waals surface area contributed by atoms with Gasteiger partial charge in [0.25, 0.3) is 5.91 Å². The number of hydrogen-bond acceptors (Lipinski definition) is 9. The number of nitrogens with one attached hydrogen (secondary N) is 5. The summed E-state index contributed by atoms with van der Waals surface area (Å²) >= 11 is 0. The van der Waals surface area contributed by atoms with Crippen LogP contribution in [-0.2, 0) is 4.74 Å². The summed E-state index contributed by atoms with van der Waals surface area (Å²) in [6, 6.07) is 6.77. The highest BCUT2D eigenvalue weighted by molar-refractivity contribution is 5.98. The predicted molar refractivity (Wildman–Crippen MR) is 130 cm³/mol. The van der Waals surface area contributed by atoms with Crippen LogP contribution in [0.4, 0.5) is 33.6 Å². The number of nitrogens with zero attached hydrogens (tertiary/aromatic N) is 3. The van der Waals surface area contributed by atoms with E-state index >= 15 is 0 Å². The van der Waals surface area contributed by atoms with Crippen molar-refractivity contribution in [2.24, 2.45) is 0 Å². The zero-order chi connectivity index (χ0) is 24.9. The number of carbonyl (C=O) groups is 2. The number of amides is 2. The van der Waals surface area contributed by atoms with E-state index < -0.39 is 18.1 Å². The number of hydrogen-bond donors (Lipinski definition) is 6. The van der Waals surface area contributed by atoms with Gasteiger partial charge in [-0.15, -0.1) is 0 Å². The molecule has 1 fully saturated rings. The average Bonchev–Trinajstić information content (AvgIpc) is 3.43. The fraction of sp³-hybridized carbons (Fsp3) is 0.348. The van der Waals surface area contributed by atoms with Crippen molar-refractivity contribution in [3.63, 3.8) is 0 Å². The van der Waals surface area contributed by atoms with Crippen molar-refractivity contribution >= 4 is 40.8 Å². The molecule has 0 bridgehead atoms. The summed E-state index contributed by atoms with van der Waals surface area (Å²) in [5.74, 6) is 0.665. The molecular formula is C23H28N8O4. The third-order valence-corrected chi connectivity index (χ3v) is 5.67. The second-order valence-electron chi connectivity index (χ2n) is 8.36. The number of aliphatic hydroxyl groups is 1. The van der Waals surface area contributed by atoms with E-state index in [0.717, 1.165) is 17.7 Å². The van der Waals surface area contributed by atoms with E-state index in [1.807, 2.05) is 26.0 Å². The third kappa shape index (κ3) is 5.84. The van der Waals surface area contributed by atoms with Crippen LogP contribution in [-0.4, -0.2) is 56.5 Å². The number of aromatic nitrogens is 4. The molecule has 2 unspecified atom stereocenters. The first-order valence-electron chi connectivity index (χ1n) is 11.2. The van der Waals surface area contributed by atoms with E-state index in [1.54, 1.807) is 12.1 Å². The number of aryl methyl sites for hydroxylation is 2. The minimum Gasteiger partial charge on any atom is -0.453 e. The SMILES string of the molecule is COC(=O)Nc1cc(Nc2nc(Nc3cc(C)[nH]n3)cnc2C(=O)NC2CCCC2O)ccc1C. The van der Waals surface area contributed by atoms with Gasteiger partial charge >= 0.3 is 6.09 Å². The number of H-pyrrole nitrogens is 1. The number of rotatable bonds is 7. The van der Waals surface area contributed by atoms with Crippen LogP contribution in [0.5, 0.6) is 0 Å². The topological polar surface area (TPSA) is 166 Å². The maximum atomic E-state index is 13.1. The summed E-state index contributed by atoms with van der Waals surface area (Å²) in [6.07, 6.45) is 2.44. The molecular weight excluding hydrogens is 452 g/mol. The van der Waals surface area contributed by atoms with Crippen LogP contribution < -0.4 is 21.3 Å². The molecule has 6 N–H and O–H groups in total. The Morgan fingerprint density at radius 3 is 2.66 bits per heavy atom. The summed E-state index contributed by atoms with van der Waals surface area (Å²) in [5, 5.41) is 28.8. The smallest absolute Gasteiger partial charge is 0.411 e. The summed E-state index contributed by atoms with van der Waals surface area (Å²) in [6.45, 7) is 3.72. The van der Waals surface area contributed by atoms with Crippen LogP contribution in [0.3, 0.4) is 0 Å². The molecule has 0 spiro atoms. The molecule has 2 heterocycles. The molecule has 0 aliphatic heterocycles. The molecule has 12 heteroatoms. The van der Waals surface area contributed by atoms with E-state index in [-0.39, 0.29) is 17.6 Å². The van der Waals surface area contributed by atoms with Crippen molar-refractivity contribution in [1.82, 2.24) is 25.5 Å². The number of anilines is 5. The second-order valence-corrected chi connectivity index (χ2v) is 8.36. The molecule has 1 aliphatic carbocycles. The zero-order valence-corrected chi connectivity index (χ0v) is 19.7. The average molecular weight is 481 g/mol. The van der Waals surface area contributed by atoms with Crippen molar-refractivity contribution in [3.8, 4) is 0 Å². The summed E-state index contributed by atoms with van der Waals surface area (Å²) in [5.41, 5.74) is 2.87. The van der Waals surface area contributed by atoms with Gasteiger partial charge in [-0.05, 0) is 50.8 Å². The number of benzene rings is 1. The molecule has 2 amide bonds. The van der Waals surface area contributed by atoms with Crippen LogP contribution in [0.15, 0.2) is 30.5 Å². The Balaban J connectivity index is 1.63. The van der Waals surface area contributed by atoms with Crippen molar-refractivity contribution < 1.29 is 19.4 Å². The van der Waals surface area contributed by atoms with Crippen molar-refractivity contribution in [2.45, 2.75) is 45.3 Å². The lowest BCUT2D eigenvalue weighted by molar-refractivity contribution is 0.0869. The summed E-state index contributed by atoms with van der Waals surface area (Å²) < 4.78 is 4.68. The van der Waals surface area contributed by atoms with Crippen molar-refractivity contribution in [2.75, 3.05) is 23.1 Å². The first kappa shape index (κ1) is 24.0. The highest BCUT2D eigenvalue weighted by Crippen LogP contribution is 2.26. The zero-order valence-electron chi connectivity index (χ0n) is 19.7. The van der Waals surface area contributed by atoms with Crippen LogP contribution in [0.1, 0.15) is 41.0 Å². The standard InChI is InChI=1S/C23H28N8O4/c1-12-7-8-14(10-16(12)27-23(34)35-3)25-21-20(22(33)26-15-5-4-6-17(15)32)24-11-19(29-21)28-18-9-13(2)30-31-18/h7-11,15,17,32H,4-6H2,1-3H3,(H,26,33)(H,27,34)(H3,25,28,29,30,31). The Kier molecular flexibility index (Phi) is 7.11. The van der Waals surface area contributed by atoms with E-state index in [9.17, 15) is 14.7 Å². The van der Waals surface area contributed by atoms with Gasteiger partial charge in [-0.1, -0.05) is 6.07 Å². The molecule has 1 saturated carbocycles. The highest BCUT2D eigenvalue weighted by atomic mass is 16.5. The Hall–Kier alpha value is -4.19. The molecule has 2 aromatic heterocycles. The number of carbonyl (C=O) groups excluding carboxylic acids is 2. The quantitative estimate of drug-likeness (QED) is 0.298. The Morgan fingerprint density at radius 1 is 1.14 bits per heavy atom. The Bertz CT molecular complexity index is 1230. The summed E-state index contributed by atoms with van der Waals surface area (Å²) in [7, 11) is 1.29. The van der Waals surface area contributed by atoms with Gasteiger partial charge in [0, 0.05) is 23.1 Å². The molecule has 4 rings (SSSR count). The van der Waals surface area contributed by atoms with E-state index in [1.165, 1.54) is 13.3 Å². The molecule has 2 atom stereocenters. The van der Waals surface area contributed by atoms with Gasteiger partial charge in [0.15, 0.2) is 23.1 Å². The lowest BCUT2D eigenvalue weighted by Crippen LogP contribution is -2.40. The lowest BCUT2D eigenvalue weighted by atomic mass is 10.1. The van der Waals surface area contributed by atoms with Crippen LogP contribution in [0, 0.1) is 13.8 Å². The highest BCUT2D eigenvalue weighted by Gasteiger charge is 2.28. The van der Waals surface area contributed by atoms with E-state index in [0.29, 0.717) is 35.9 Å². The summed E-state index contributed by atoms with van der Waals surface area (Å²) in [4.78, 5) is 33.6. The largest absolute Gasteiger partial charge is 0.453 e. The lowest BCUT2D eigenvalue weighted by Gasteiger charge is -2.18. The number of methoxy groups -OCH3 is 1. The second kappa shape index (κ2) is 10.4. The molecule has 1 aliphatic rings. The van der Waals surface area contributed by atoms with Gasteiger partial charge in [-0.25, -0.2) is 14.8 Å². The molecule has 3 aromatic rings. The fourth-order valence-corrected chi connectivity index (χ4v) is 3.79. The molecule has 0 radical (unpaired) electrons. The molecule has 184 valence electrons. The van der Waals surface area contributed by atoms with Gasteiger partial charge in [0.05, 0.1) is 25.5 Å². The van der Waals surface area contributed by atoms with Crippen LogP contribution in [0.2, 0.25) is 0 Å². The maximum Gasteiger partial charge on any atom is 0.411 e. The van der Waals surface area contributed by atoms with Crippen molar-refractivity contribution in [1.29, 1.82) is 0 Å². The van der Waals surface area contributed by atoms with E-state index in [2.05, 4.69) is 46.2 Å². The molecule has 0 saturated heterocycles. The Morgan fingerprint density at radius 2 is 1.97 bits per heavy atom. The predicted octanol–water partition coefficient (Wildman–Crippen LogP) is 3.13. The number of aromatic amines is 1. The first-order chi connectivity index (χ1) is 16.8. The van der Waals surface area contributed by atoms with E-state index in [4.69, 9.17) is 0 Å². The van der Waals surface area contributed by atoms with Crippen LogP contribution >= 0.6 is 0 Å². The van der Waals surface area contributed by atoms with Gasteiger partial charge in [-0.3, -0.25) is 15.2 Å². The maximum absolute atomic E-state index is 13.1. The molecule has 12 nitrogen and oxygen atoms in total.